The van der Waals surface area contributed by atoms with Crippen molar-refractivity contribution in [1.82, 2.24) is 4.57 Å². The molecule has 134 valence electrons. The van der Waals surface area contributed by atoms with E-state index in [9.17, 15) is 14.7 Å². The molecule has 7 heteroatoms. The van der Waals surface area contributed by atoms with Crippen molar-refractivity contribution in [3.05, 3.63) is 63.3 Å². The molecule has 0 saturated heterocycles. The lowest BCUT2D eigenvalue weighted by molar-refractivity contribution is -0.139. The van der Waals surface area contributed by atoms with Gasteiger partial charge >= 0.3 is 5.97 Å². The summed E-state index contributed by atoms with van der Waals surface area (Å²) in [5, 5.41) is 11.1. The van der Waals surface area contributed by atoms with E-state index in [1.54, 1.807) is 25.1 Å². The quantitative estimate of drug-likeness (QED) is 0.673. The van der Waals surface area contributed by atoms with Gasteiger partial charge in [-0.25, -0.2) is 0 Å². The molecule has 26 heavy (non-hydrogen) atoms. The number of ether oxygens (including phenoxy) is 1. The minimum absolute atomic E-state index is 0.00998. The Hall–Kier alpha value is -2.50. The summed E-state index contributed by atoms with van der Waals surface area (Å²) in [7, 11) is 1.30. The number of methoxy groups -OCH3 is 1. The Morgan fingerprint density at radius 3 is 2.50 bits per heavy atom. The van der Waals surface area contributed by atoms with Gasteiger partial charge in [-0.15, -0.1) is 0 Å². The molecule has 0 aliphatic carbocycles. The van der Waals surface area contributed by atoms with Crippen LogP contribution in [0.1, 0.15) is 21.6 Å². The Morgan fingerprint density at radius 2 is 1.85 bits per heavy atom. The van der Waals surface area contributed by atoms with Crippen LogP contribution in [-0.4, -0.2) is 28.7 Å². The molecule has 0 atom stereocenters. The van der Waals surface area contributed by atoms with E-state index in [0.717, 1.165) is 0 Å². The molecular weight excluding hydrogens is 377 g/mol. The Balaban J connectivity index is 2.22. The van der Waals surface area contributed by atoms with E-state index >= 15 is 0 Å². The lowest BCUT2D eigenvalue weighted by Crippen LogP contribution is -2.14. The Kier molecular flexibility index (Phi) is 4.94. The molecule has 0 aliphatic rings. The van der Waals surface area contributed by atoms with Gasteiger partial charge in [-0.3, -0.25) is 14.2 Å². The largest absolute Gasteiger partial charge is 0.508 e. The number of phenols is 1. The fourth-order valence-corrected chi connectivity index (χ4v) is 3.23. The van der Waals surface area contributed by atoms with Crippen LogP contribution in [0.4, 0.5) is 0 Å². The maximum absolute atomic E-state index is 13.1. The topological polar surface area (TPSA) is 68.5 Å². The van der Waals surface area contributed by atoms with Crippen LogP contribution in [0.15, 0.2) is 36.4 Å². The number of hydrogen-bond acceptors (Lipinski definition) is 4. The predicted octanol–water partition coefficient (Wildman–Crippen LogP) is 4.37. The molecule has 3 aromatic rings. The lowest BCUT2D eigenvalue weighted by atomic mass is 10.1. The monoisotopic (exact) mass is 391 g/mol. The number of esters is 1. The first kappa shape index (κ1) is 18.3. The van der Waals surface area contributed by atoms with E-state index in [1.165, 1.54) is 29.9 Å². The van der Waals surface area contributed by atoms with Crippen molar-refractivity contribution in [3.8, 4) is 5.75 Å². The third kappa shape index (κ3) is 3.16. The highest BCUT2D eigenvalue weighted by molar-refractivity contribution is 6.42. The molecule has 1 heterocycles. The Morgan fingerprint density at radius 1 is 1.12 bits per heavy atom. The molecule has 1 N–H and O–H groups in total. The zero-order valence-corrected chi connectivity index (χ0v) is 15.6. The summed E-state index contributed by atoms with van der Waals surface area (Å²) >= 11 is 12.0. The maximum Gasteiger partial charge on any atom is 0.310 e. The standard InChI is InChI=1S/C19H15Cl2NO4/c1-10-13(9-18(24)26-2)14-8-12(23)4-6-17(14)22(10)19(25)11-3-5-15(20)16(21)7-11/h3-8,23H,9H2,1-2H3. The van der Waals surface area contributed by atoms with Gasteiger partial charge in [0.25, 0.3) is 5.91 Å². The number of fused-ring (bicyclic) bond motifs is 1. The summed E-state index contributed by atoms with van der Waals surface area (Å²) in [6.45, 7) is 1.74. The highest BCUT2D eigenvalue weighted by atomic mass is 35.5. The summed E-state index contributed by atoms with van der Waals surface area (Å²) in [6, 6.07) is 9.29. The van der Waals surface area contributed by atoms with Gasteiger partial charge < -0.3 is 9.84 Å². The van der Waals surface area contributed by atoms with Crippen molar-refractivity contribution in [2.45, 2.75) is 13.3 Å². The van der Waals surface area contributed by atoms with Gasteiger partial charge in [0.15, 0.2) is 0 Å². The smallest absolute Gasteiger partial charge is 0.310 e. The molecule has 0 amide bonds. The van der Waals surface area contributed by atoms with Crippen LogP contribution in [0.5, 0.6) is 5.75 Å². The van der Waals surface area contributed by atoms with Gasteiger partial charge in [0.2, 0.25) is 0 Å². The van der Waals surface area contributed by atoms with Crippen molar-refractivity contribution in [2.75, 3.05) is 7.11 Å². The highest BCUT2D eigenvalue weighted by Gasteiger charge is 2.22. The summed E-state index contributed by atoms with van der Waals surface area (Å²) in [5.74, 6) is -0.701. The van der Waals surface area contributed by atoms with Crippen molar-refractivity contribution < 1.29 is 19.4 Å². The van der Waals surface area contributed by atoms with E-state index < -0.39 is 5.97 Å². The zero-order valence-electron chi connectivity index (χ0n) is 14.0. The molecule has 5 nitrogen and oxygen atoms in total. The summed E-state index contributed by atoms with van der Waals surface area (Å²) < 4.78 is 6.24. The van der Waals surface area contributed by atoms with Crippen molar-refractivity contribution >= 4 is 46.0 Å². The second kappa shape index (κ2) is 7.02. The maximum atomic E-state index is 13.1. The minimum Gasteiger partial charge on any atom is -0.508 e. The van der Waals surface area contributed by atoms with Crippen molar-refractivity contribution in [3.63, 3.8) is 0 Å². The molecule has 0 saturated carbocycles. The number of carbonyl (C=O) groups excluding carboxylic acids is 2. The molecule has 0 fully saturated rings. The molecule has 0 radical (unpaired) electrons. The van der Waals surface area contributed by atoms with Crippen LogP contribution in [0.2, 0.25) is 10.0 Å². The normalized spacial score (nSPS) is 10.9. The van der Waals surface area contributed by atoms with Crippen LogP contribution in [0.3, 0.4) is 0 Å². The fraction of sp³-hybridized carbons (Fsp3) is 0.158. The average Bonchev–Trinajstić information content (AvgIpc) is 2.88. The van der Waals surface area contributed by atoms with Gasteiger partial charge in [0, 0.05) is 16.6 Å². The van der Waals surface area contributed by atoms with Gasteiger partial charge in [-0.2, -0.15) is 0 Å². The number of aromatic nitrogens is 1. The SMILES string of the molecule is COC(=O)Cc1c(C)n(C(=O)c2ccc(Cl)c(Cl)c2)c2ccc(O)cc12. The van der Waals surface area contributed by atoms with Crippen LogP contribution in [0.25, 0.3) is 10.9 Å². The molecule has 0 aliphatic heterocycles. The first-order valence-corrected chi connectivity index (χ1v) is 8.48. The van der Waals surface area contributed by atoms with E-state index in [1.807, 2.05) is 0 Å². The first-order chi connectivity index (χ1) is 12.3. The Labute approximate surface area is 159 Å². The Bertz CT molecular complexity index is 1040. The molecule has 3 rings (SSSR count). The van der Waals surface area contributed by atoms with Gasteiger partial charge in [-0.1, -0.05) is 23.2 Å². The number of halogens is 2. The molecule has 0 spiro atoms. The van der Waals surface area contributed by atoms with Crippen molar-refractivity contribution in [2.24, 2.45) is 0 Å². The predicted molar refractivity (Wildman–Crippen MR) is 100 cm³/mol. The number of phenolic OH excluding ortho intramolecular Hbond substituents is 1. The fourth-order valence-electron chi connectivity index (χ4n) is 2.93. The second-order valence-corrected chi connectivity index (χ2v) is 6.60. The summed E-state index contributed by atoms with van der Waals surface area (Å²) in [5.41, 5.74) is 2.15. The molecule has 1 aromatic heterocycles. The zero-order chi connectivity index (χ0) is 19.0. The number of benzene rings is 2. The van der Waals surface area contributed by atoms with E-state index in [0.29, 0.717) is 32.7 Å². The van der Waals surface area contributed by atoms with Crippen LogP contribution in [0, 0.1) is 6.92 Å². The highest BCUT2D eigenvalue weighted by Crippen LogP contribution is 2.31. The second-order valence-electron chi connectivity index (χ2n) is 5.79. The van der Waals surface area contributed by atoms with E-state index in [-0.39, 0.29) is 23.1 Å². The third-order valence-electron chi connectivity index (χ3n) is 4.24. The van der Waals surface area contributed by atoms with Gasteiger partial charge in [0.1, 0.15) is 5.75 Å². The average molecular weight is 392 g/mol. The van der Waals surface area contributed by atoms with Gasteiger partial charge in [0.05, 0.1) is 29.1 Å². The number of rotatable bonds is 3. The minimum atomic E-state index is -0.433. The number of carbonyl (C=O) groups is 2. The van der Waals surface area contributed by atoms with Crippen LogP contribution in [-0.2, 0) is 16.0 Å². The van der Waals surface area contributed by atoms with Crippen LogP contribution < -0.4 is 0 Å². The van der Waals surface area contributed by atoms with Crippen LogP contribution >= 0.6 is 23.2 Å². The molecule has 2 aromatic carbocycles. The van der Waals surface area contributed by atoms with E-state index in [2.05, 4.69) is 0 Å². The first-order valence-electron chi connectivity index (χ1n) is 7.73. The molecular formula is C19H15Cl2NO4. The van der Waals surface area contributed by atoms with E-state index in [4.69, 9.17) is 27.9 Å². The number of hydrogen-bond donors (Lipinski definition) is 1. The molecule has 0 bridgehead atoms. The van der Waals surface area contributed by atoms with Crippen molar-refractivity contribution in [1.29, 1.82) is 0 Å². The van der Waals surface area contributed by atoms with Gasteiger partial charge in [-0.05, 0) is 48.9 Å². The summed E-state index contributed by atoms with van der Waals surface area (Å²) in [6.07, 6.45) is -0.00998. The third-order valence-corrected chi connectivity index (χ3v) is 4.98. The number of nitrogens with zero attached hydrogens (tertiary/aromatic N) is 1. The summed E-state index contributed by atoms with van der Waals surface area (Å²) in [4.78, 5) is 24.9. The number of aromatic hydroxyl groups is 1. The lowest BCUT2D eigenvalue weighted by Gasteiger charge is -2.08. The molecule has 0 unspecified atom stereocenters.